The van der Waals surface area contributed by atoms with Gasteiger partial charge in [-0.25, -0.2) is 4.99 Å². The lowest BCUT2D eigenvalue weighted by Crippen LogP contribution is -2.28. The summed E-state index contributed by atoms with van der Waals surface area (Å²) in [6, 6.07) is 0. The molecule has 1 amide bonds. The number of aliphatic hydroxyl groups is 3. The number of nitrogens with zero attached hydrogens (tertiary/aromatic N) is 1. The second-order valence-corrected chi connectivity index (χ2v) is 2.80. The fourth-order valence-corrected chi connectivity index (χ4v) is 1.22. The van der Waals surface area contributed by atoms with E-state index in [1.165, 1.54) is 6.92 Å². The van der Waals surface area contributed by atoms with Crippen LogP contribution in [0.4, 0.5) is 0 Å². The van der Waals surface area contributed by atoms with Crippen LogP contribution in [-0.2, 0) is 4.79 Å². The normalized spacial score (nSPS) is 23.5. The van der Waals surface area contributed by atoms with E-state index in [4.69, 9.17) is 10.2 Å². The van der Waals surface area contributed by atoms with Gasteiger partial charge in [0.05, 0.1) is 24.8 Å². The first-order valence-corrected chi connectivity index (χ1v) is 3.85. The van der Waals surface area contributed by atoms with Crippen molar-refractivity contribution in [3.05, 3.63) is 11.3 Å². The summed E-state index contributed by atoms with van der Waals surface area (Å²) in [5.74, 6) is -1.61. The Morgan fingerprint density at radius 2 is 2.08 bits per heavy atom. The van der Waals surface area contributed by atoms with Gasteiger partial charge in [-0.2, -0.15) is 0 Å². The van der Waals surface area contributed by atoms with Gasteiger partial charge in [-0.1, -0.05) is 0 Å². The van der Waals surface area contributed by atoms with Gasteiger partial charge in [0, 0.05) is 5.57 Å². The number of carbonyl (C=O) groups is 1. The maximum absolute atomic E-state index is 11.1. The molecule has 0 saturated carbocycles. The summed E-state index contributed by atoms with van der Waals surface area (Å²) >= 11 is 0. The van der Waals surface area contributed by atoms with Crippen molar-refractivity contribution in [1.29, 1.82) is 0 Å². The van der Waals surface area contributed by atoms with Gasteiger partial charge in [0.15, 0.2) is 0 Å². The monoisotopic (exact) mass is 185 g/mol. The molecule has 0 saturated heterocycles. The van der Waals surface area contributed by atoms with Crippen molar-refractivity contribution < 1.29 is 20.1 Å². The molecule has 0 aromatic rings. The predicted molar refractivity (Wildman–Crippen MR) is 45.4 cm³/mol. The van der Waals surface area contributed by atoms with E-state index in [2.05, 4.69) is 4.99 Å². The molecule has 1 rings (SSSR count). The molecule has 0 fully saturated rings. The highest BCUT2D eigenvalue weighted by Gasteiger charge is 2.29. The standard InChI is InChI=1S/C8H11NO4/c1-4-7(12)5(2-10)6(3-11)8(13)9-4/h6,10-12H,2-3H2,1H3. The minimum Gasteiger partial charge on any atom is -0.506 e. The van der Waals surface area contributed by atoms with Crippen LogP contribution in [0.3, 0.4) is 0 Å². The van der Waals surface area contributed by atoms with E-state index < -0.39 is 25.0 Å². The van der Waals surface area contributed by atoms with E-state index in [-0.39, 0.29) is 17.0 Å². The largest absolute Gasteiger partial charge is 0.506 e. The van der Waals surface area contributed by atoms with Crippen molar-refractivity contribution >= 4 is 11.6 Å². The van der Waals surface area contributed by atoms with Gasteiger partial charge in [-0.15, -0.1) is 0 Å². The highest BCUT2D eigenvalue weighted by Crippen LogP contribution is 2.21. The second-order valence-electron chi connectivity index (χ2n) is 2.80. The minimum absolute atomic E-state index is 0.139. The summed E-state index contributed by atoms with van der Waals surface area (Å²) in [5.41, 5.74) is 0.318. The van der Waals surface area contributed by atoms with Crippen molar-refractivity contribution in [3.63, 3.8) is 0 Å². The summed E-state index contributed by atoms with van der Waals surface area (Å²) in [6.07, 6.45) is 0. The molecule has 0 spiro atoms. The number of carbonyl (C=O) groups excluding carboxylic acids is 1. The van der Waals surface area contributed by atoms with Crippen molar-refractivity contribution in [2.75, 3.05) is 13.2 Å². The van der Waals surface area contributed by atoms with Crippen LogP contribution >= 0.6 is 0 Å². The first kappa shape index (κ1) is 9.88. The average Bonchev–Trinajstić information content (AvgIpc) is 2.10. The molecule has 0 aromatic heterocycles. The molecule has 1 atom stereocenters. The van der Waals surface area contributed by atoms with E-state index in [1.807, 2.05) is 0 Å². The average molecular weight is 185 g/mol. The van der Waals surface area contributed by atoms with Crippen LogP contribution in [0.25, 0.3) is 0 Å². The number of amides is 1. The van der Waals surface area contributed by atoms with E-state index in [0.29, 0.717) is 0 Å². The van der Waals surface area contributed by atoms with Crippen LogP contribution in [0.1, 0.15) is 6.92 Å². The van der Waals surface area contributed by atoms with Crippen molar-refractivity contribution in [2.45, 2.75) is 6.92 Å². The molecule has 0 bridgehead atoms. The minimum atomic E-state index is -0.895. The van der Waals surface area contributed by atoms with Crippen LogP contribution in [0.15, 0.2) is 16.3 Å². The fourth-order valence-electron chi connectivity index (χ4n) is 1.22. The molecular formula is C8H11NO4. The fraction of sp³-hybridized carbons (Fsp3) is 0.500. The number of hydrogen-bond acceptors (Lipinski definition) is 4. The lowest BCUT2D eigenvalue weighted by molar-refractivity contribution is -0.121. The first-order valence-electron chi connectivity index (χ1n) is 3.85. The van der Waals surface area contributed by atoms with Crippen LogP contribution in [-0.4, -0.2) is 40.2 Å². The van der Waals surface area contributed by atoms with E-state index in [9.17, 15) is 9.90 Å². The number of allylic oxidation sites excluding steroid dienone is 1. The molecule has 1 heterocycles. The van der Waals surface area contributed by atoms with Crippen LogP contribution in [0.2, 0.25) is 0 Å². The number of rotatable bonds is 2. The molecule has 1 aliphatic rings. The topological polar surface area (TPSA) is 90.1 Å². The Bertz CT molecular complexity index is 293. The summed E-state index contributed by atoms with van der Waals surface area (Å²) in [6.45, 7) is 0.571. The molecule has 5 nitrogen and oxygen atoms in total. The van der Waals surface area contributed by atoms with E-state index in [0.717, 1.165) is 0 Å². The van der Waals surface area contributed by atoms with Crippen LogP contribution in [0.5, 0.6) is 0 Å². The Balaban J connectivity index is 3.11. The van der Waals surface area contributed by atoms with Gasteiger partial charge < -0.3 is 15.3 Å². The molecule has 3 N–H and O–H groups in total. The Kier molecular flexibility index (Phi) is 2.79. The summed E-state index contributed by atoms with van der Waals surface area (Å²) in [7, 11) is 0. The zero-order chi connectivity index (χ0) is 10.0. The lowest BCUT2D eigenvalue weighted by Gasteiger charge is -2.19. The van der Waals surface area contributed by atoms with Gasteiger partial charge in [0.25, 0.3) is 5.91 Å². The van der Waals surface area contributed by atoms with E-state index >= 15 is 0 Å². The number of hydrogen-bond donors (Lipinski definition) is 3. The maximum atomic E-state index is 11.1. The highest BCUT2D eigenvalue weighted by molar-refractivity contribution is 6.07. The molecule has 0 radical (unpaired) electrons. The van der Waals surface area contributed by atoms with Crippen molar-refractivity contribution in [1.82, 2.24) is 0 Å². The van der Waals surface area contributed by atoms with Crippen molar-refractivity contribution in [2.24, 2.45) is 10.9 Å². The quantitative estimate of drug-likeness (QED) is 0.535. The van der Waals surface area contributed by atoms with E-state index in [1.54, 1.807) is 0 Å². The number of aliphatic imine (C=N–C) groups is 1. The third kappa shape index (κ3) is 1.61. The Labute approximate surface area is 75.0 Å². The Morgan fingerprint density at radius 3 is 2.54 bits per heavy atom. The SMILES string of the molecule is CC1=NC(=O)C(CO)C(CO)=C1O. The molecule has 1 aliphatic heterocycles. The van der Waals surface area contributed by atoms with Gasteiger partial charge >= 0.3 is 0 Å². The zero-order valence-corrected chi connectivity index (χ0v) is 7.19. The molecule has 13 heavy (non-hydrogen) atoms. The molecule has 72 valence electrons. The Hall–Kier alpha value is -1.20. The molecule has 0 aromatic carbocycles. The molecular weight excluding hydrogens is 174 g/mol. The van der Waals surface area contributed by atoms with Crippen LogP contribution in [0, 0.1) is 5.92 Å². The van der Waals surface area contributed by atoms with Gasteiger partial charge in [0.2, 0.25) is 0 Å². The second kappa shape index (κ2) is 3.68. The zero-order valence-electron chi connectivity index (χ0n) is 7.19. The summed E-state index contributed by atoms with van der Waals surface area (Å²) < 4.78 is 0. The van der Waals surface area contributed by atoms with Gasteiger partial charge in [-0.3, -0.25) is 4.79 Å². The van der Waals surface area contributed by atoms with Crippen molar-refractivity contribution in [3.8, 4) is 0 Å². The molecule has 5 heteroatoms. The summed E-state index contributed by atoms with van der Waals surface area (Å²) in [4.78, 5) is 14.7. The predicted octanol–water partition coefficient (Wildman–Crippen LogP) is -0.600. The third-order valence-electron chi connectivity index (χ3n) is 2.00. The van der Waals surface area contributed by atoms with Crippen LogP contribution < -0.4 is 0 Å². The highest BCUT2D eigenvalue weighted by atomic mass is 16.3. The number of dihydropyridines is 1. The Morgan fingerprint density at radius 1 is 1.46 bits per heavy atom. The maximum Gasteiger partial charge on any atom is 0.255 e. The first-order chi connectivity index (χ1) is 6.11. The smallest absolute Gasteiger partial charge is 0.255 e. The molecule has 0 aliphatic carbocycles. The van der Waals surface area contributed by atoms with Gasteiger partial charge in [-0.05, 0) is 6.92 Å². The number of aliphatic hydroxyl groups excluding tert-OH is 3. The molecule has 1 unspecified atom stereocenters. The summed E-state index contributed by atoms with van der Waals surface area (Å²) in [5, 5.41) is 27.1. The van der Waals surface area contributed by atoms with Gasteiger partial charge in [0.1, 0.15) is 5.76 Å². The third-order valence-corrected chi connectivity index (χ3v) is 2.00. The lowest BCUT2D eigenvalue weighted by atomic mass is 9.94.